The topological polar surface area (TPSA) is 78.8 Å². The van der Waals surface area contributed by atoms with Crippen LogP contribution >= 0.6 is 0 Å². The molecule has 8 heteroatoms. The molecule has 0 unspecified atom stereocenters. The second-order valence-corrected chi connectivity index (χ2v) is 4.92. The fourth-order valence-corrected chi connectivity index (χ4v) is 2.05. The van der Waals surface area contributed by atoms with Crippen LogP contribution in [-0.4, -0.2) is 16.3 Å². The van der Waals surface area contributed by atoms with Gasteiger partial charge in [-0.15, -0.1) is 0 Å². The molecule has 0 amide bonds. The van der Waals surface area contributed by atoms with E-state index in [4.69, 9.17) is 10.00 Å². The van der Waals surface area contributed by atoms with Crippen molar-refractivity contribution in [3.05, 3.63) is 45.7 Å². The second-order valence-electron chi connectivity index (χ2n) is 4.92. The van der Waals surface area contributed by atoms with Crippen molar-refractivity contribution in [3.63, 3.8) is 0 Å². The smallest absolute Gasteiger partial charge is 0.420 e. The highest BCUT2D eigenvalue weighted by Gasteiger charge is 2.39. The maximum atomic E-state index is 13.4. The van der Waals surface area contributed by atoms with Crippen LogP contribution in [0.1, 0.15) is 25.0 Å². The Morgan fingerprint density at radius 2 is 1.96 bits per heavy atom. The van der Waals surface area contributed by atoms with E-state index >= 15 is 0 Å². The number of nitriles is 1. The summed E-state index contributed by atoms with van der Waals surface area (Å²) in [5.74, 6) is 0.177. The van der Waals surface area contributed by atoms with Gasteiger partial charge in [0, 0.05) is 5.56 Å². The van der Waals surface area contributed by atoms with Gasteiger partial charge in [0.1, 0.15) is 28.6 Å². The van der Waals surface area contributed by atoms with Crippen molar-refractivity contribution in [1.29, 1.82) is 5.26 Å². The molecule has 1 N–H and O–H groups in total. The molecule has 1 heterocycles. The lowest BCUT2D eigenvalue weighted by atomic mass is 10.0. The van der Waals surface area contributed by atoms with E-state index < -0.39 is 28.6 Å². The van der Waals surface area contributed by atoms with Crippen LogP contribution in [0.4, 0.5) is 13.2 Å². The molecule has 2 aromatic rings. The van der Waals surface area contributed by atoms with E-state index in [1.54, 1.807) is 19.9 Å². The van der Waals surface area contributed by atoms with Crippen LogP contribution in [0.3, 0.4) is 0 Å². The molecule has 0 bridgehead atoms. The molecule has 0 saturated heterocycles. The summed E-state index contributed by atoms with van der Waals surface area (Å²) >= 11 is 0. The third kappa shape index (κ3) is 3.34. The minimum Gasteiger partial charge on any atom is -0.490 e. The van der Waals surface area contributed by atoms with E-state index in [1.165, 1.54) is 24.3 Å². The molecule has 0 radical (unpaired) electrons. The minimum absolute atomic E-state index is 0.0428. The van der Waals surface area contributed by atoms with Gasteiger partial charge in [-0.2, -0.15) is 23.5 Å². The van der Waals surface area contributed by atoms with Crippen LogP contribution < -0.4 is 10.3 Å². The fraction of sp³-hybridized carbons (Fsp3) is 0.267. The van der Waals surface area contributed by atoms with Crippen LogP contribution in [0.5, 0.6) is 5.75 Å². The van der Waals surface area contributed by atoms with Crippen LogP contribution in [-0.2, 0) is 6.18 Å². The van der Waals surface area contributed by atoms with E-state index in [0.717, 1.165) is 0 Å². The molecule has 0 spiro atoms. The van der Waals surface area contributed by atoms with Crippen molar-refractivity contribution in [2.24, 2.45) is 0 Å². The number of hydrogen-bond acceptors (Lipinski definition) is 4. The summed E-state index contributed by atoms with van der Waals surface area (Å²) in [6, 6.07) is 7.29. The Kier molecular flexibility index (Phi) is 4.40. The Morgan fingerprint density at radius 3 is 2.52 bits per heavy atom. The van der Waals surface area contributed by atoms with Gasteiger partial charge in [-0.3, -0.25) is 4.79 Å². The van der Waals surface area contributed by atoms with Gasteiger partial charge in [-0.1, -0.05) is 12.1 Å². The molecule has 2 rings (SSSR count). The molecule has 0 fully saturated rings. The summed E-state index contributed by atoms with van der Waals surface area (Å²) in [5.41, 5.74) is -4.09. The van der Waals surface area contributed by atoms with Gasteiger partial charge in [0.05, 0.1) is 6.10 Å². The third-order valence-corrected chi connectivity index (χ3v) is 2.88. The van der Waals surface area contributed by atoms with Gasteiger partial charge in [0.25, 0.3) is 5.56 Å². The number of ether oxygens (including phenoxy) is 1. The molecule has 23 heavy (non-hydrogen) atoms. The monoisotopic (exact) mass is 323 g/mol. The van der Waals surface area contributed by atoms with Gasteiger partial charge in [0.15, 0.2) is 0 Å². The Bertz CT molecular complexity index is 820. The largest absolute Gasteiger partial charge is 0.490 e. The molecule has 0 aliphatic heterocycles. The van der Waals surface area contributed by atoms with Crippen molar-refractivity contribution in [1.82, 2.24) is 10.2 Å². The summed E-state index contributed by atoms with van der Waals surface area (Å²) in [7, 11) is 0. The normalized spacial score (nSPS) is 11.3. The first-order chi connectivity index (χ1) is 10.8. The maximum Gasteiger partial charge on any atom is 0.420 e. The van der Waals surface area contributed by atoms with Crippen molar-refractivity contribution < 1.29 is 17.9 Å². The van der Waals surface area contributed by atoms with Gasteiger partial charge >= 0.3 is 6.18 Å². The van der Waals surface area contributed by atoms with Gasteiger partial charge in [-0.25, -0.2) is 5.10 Å². The molecular weight excluding hydrogens is 311 g/mol. The maximum absolute atomic E-state index is 13.4. The highest BCUT2D eigenvalue weighted by Crippen LogP contribution is 2.39. The Labute approximate surface area is 129 Å². The zero-order valence-corrected chi connectivity index (χ0v) is 12.2. The summed E-state index contributed by atoms with van der Waals surface area (Å²) in [6.07, 6.45) is -5.18. The predicted octanol–water partition coefficient (Wildman–Crippen LogP) is 3.11. The number of aromatic nitrogens is 2. The van der Waals surface area contributed by atoms with Crippen LogP contribution in [0.15, 0.2) is 29.1 Å². The lowest BCUT2D eigenvalue weighted by Gasteiger charge is -2.17. The first kappa shape index (κ1) is 16.5. The van der Waals surface area contributed by atoms with E-state index in [-0.39, 0.29) is 17.4 Å². The molecule has 0 aliphatic carbocycles. The molecule has 0 saturated carbocycles. The average molecular weight is 323 g/mol. The summed E-state index contributed by atoms with van der Waals surface area (Å²) in [6.45, 7) is 3.45. The number of aromatic amines is 1. The number of H-pyrrole nitrogens is 1. The highest BCUT2D eigenvalue weighted by atomic mass is 19.4. The van der Waals surface area contributed by atoms with Crippen molar-refractivity contribution in [2.45, 2.75) is 26.1 Å². The fourth-order valence-electron chi connectivity index (χ4n) is 2.05. The number of para-hydroxylation sites is 1. The van der Waals surface area contributed by atoms with Crippen LogP contribution in [0, 0.1) is 11.3 Å². The summed E-state index contributed by atoms with van der Waals surface area (Å²) in [5, 5.41) is 14.3. The third-order valence-electron chi connectivity index (χ3n) is 2.88. The minimum atomic E-state index is -4.91. The number of alkyl halides is 3. The molecule has 5 nitrogen and oxygen atoms in total. The van der Waals surface area contributed by atoms with E-state index in [9.17, 15) is 18.0 Å². The summed E-state index contributed by atoms with van der Waals surface area (Å²) in [4.78, 5) is 11.5. The number of rotatable bonds is 3. The molecule has 1 aromatic carbocycles. The van der Waals surface area contributed by atoms with Crippen molar-refractivity contribution in [2.75, 3.05) is 0 Å². The Hall–Kier alpha value is -2.82. The quantitative estimate of drug-likeness (QED) is 0.941. The highest BCUT2D eigenvalue weighted by molar-refractivity contribution is 5.72. The van der Waals surface area contributed by atoms with Gasteiger partial charge in [0.2, 0.25) is 0 Å². The standard InChI is InChI=1S/C15H12F3N3O2/c1-8(2)23-11-6-4-3-5-9(11)13-12(15(16,17)18)10(7-19)14(22)21-20-13/h3-6,8H,1-2H3,(H,21,22). The number of halogens is 3. The van der Waals surface area contributed by atoms with E-state index in [0.29, 0.717) is 0 Å². The SMILES string of the molecule is CC(C)Oc1ccccc1-c1n[nH]c(=O)c(C#N)c1C(F)(F)F. The molecular formula is C15H12F3N3O2. The van der Waals surface area contributed by atoms with Gasteiger partial charge < -0.3 is 4.74 Å². The van der Waals surface area contributed by atoms with Gasteiger partial charge in [-0.05, 0) is 26.0 Å². The predicted molar refractivity (Wildman–Crippen MR) is 75.8 cm³/mol. The number of benzene rings is 1. The number of nitrogens with zero attached hydrogens (tertiary/aromatic N) is 2. The molecule has 1 aromatic heterocycles. The van der Waals surface area contributed by atoms with Crippen molar-refractivity contribution >= 4 is 0 Å². The van der Waals surface area contributed by atoms with E-state index in [2.05, 4.69) is 5.10 Å². The average Bonchev–Trinajstić information content (AvgIpc) is 2.46. The number of nitrogens with one attached hydrogen (secondary N) is 1. The molecule has 0 aliphatic rings. The summed E-state index contributed by atoms with van der Waals surface area (Å²) < 4.78 is 45.6. The van der Waals surface area contributed by atoms with Crippen LogP contribution in [0.2, 0.25) is 0 Å². The lowest BCUT2D eigenvalue weighted by Crippen LogP contribution is -2.22. The first-order valence-corrected chi connectivity index (χ1v) is 6.61. The Morgan fingerprint density at radius 1 is 1.30 bits per heavy atom. The van der Waals surface area contributed by atoms with Crippen LogP contribution in [0.25, 0.3) is 11.3 Å². The van der Waals surface area contributed by atoms with E-state index in [1.807, 2.05) is 5.10 Å². The molecule has 120 valence electrons. The zero-order chi connectivity index (χ0) is 17.2. The van der Waals surface area contributed by atoms with Crippen molar-refractivity contribution in [3.8, 4) is 23.1 Å². The first-order valence-electron chi connectivity index (χ1n) is 6.61. The number of hydrogen-bond donors (Lipinski definition) is 1. The Balaban J connectivity index is 2.81. The second kappa shape index (κ2) is 6.12. The zero-order valence-electron chi connectivity index (χ0n) is 12.2. The lowest BCUT2D eigenvalue weighted by molar-refractivity contribution is -0.137. The molecule has 0 atom stereocenters.